The maximum atomic E-state index is 8.80. The van der Waals surface area contributed by atoms with E-state index in [1.54, 1.807) is 18.3 Å². The summed E-state index contributed by atoms with van der Waals surface area (Å²) in [4.78, 5) is 13.5. The summed E-state index contributed by atoms with van der Waals surface area (Å²) in [6.45, 7) is 5.43. The van der Waals surface area contributed by atoms with Crippen molar-refractivity contribution in [2.75, 3.05) is 0 Å². The molecule has 0 bridgehead atoms. The topological polar surface area (TPSA) is 43.6 Å². The molecule has 7 rings (SSSR count). The molecule has 0 saturated carbocycles. The Bertz CT molecular complexity index is 2210. The van der Waals surface area contributed by atoms with Gasteiger partial charge in [-0.05, 0) is 59.2 Å². The number of benzene rings is 4. The van der Waals surface area contributed by atoms with Gasteiger partial charge in [0.05, 0.1) is 22.6 Å². The molecule has 47 heavy (non-hydrogen) atoms. The van der Waals surface area contributed by atoms with E-state index < -0.39 is 18.6 Å². The van der Waals surface area contributed by atoms with E-state index in [9.17, 15) is 0 Å². The van der Waals surface area contributed by atoms with Crippen molar-refractivity contribution in [2.24, 2.45) is 0 Å². The Kier molecular flexibility index (Phi) is 8.90. The predicted molar refractivity (Wildman–Crippen MR) is 190 cm³/mol. The van der Waals surface area contributed by atoms with Gasteiger partial charge in [0.15, 0.2) is 0 Å². The molecule has 3 heterocycles. The van der Waals surface area contributed by atoms with Crippen LogP contribution in [0, 0.1) is 19.0 Å². The predicted octanol–water partition coefficient (Wildman–Crippen LogP) is 10.7. The van der Waals surface area contributed by atoms with Gasteiger partial charge in [0.1, 0.15) is 0 Å². The van der Waals surface area contributed by atoms with E-state index in [2.05, 4.69) is 26.7 Å². The van der Waals surface area contributed by atoms with Crippen LogP contribution in [-0.4, -0.2) is 19.5 Å². The number of pyridine rings is 2. The molecule has 0 saturated heterocycles. The summed E-state index contributed by atoms with van der Waals surface area (Å²) in [5.74, 6) is -0.895. The maximum Gasteiger partial charge on any atom is 0.0774 e. The van der Waals surface area contributed by atoms with Crippen LogP contribution in [0.2, 0.25) is 0 Å². The molecule has 0 spiro atoms. The van der Waals surface area contributed by atoms with E-state index in [1.165, 1.54) is 6.20 Å². The van der Waals surface area contributed by atoms with Gasteiger partial charge in [-0.2, -0.15) is 0 Å². The van der Waals surface area contributed by atoms with Crippen LogP contribution >= 0.6 is 0 Å². The normalized spacial score (nSPS) is 13.1. The van der Waals surface area contributed by atoms with Crippen LogP contribution in [0.25, 0.3) is 50.6 Å². The standard InChI is InChI=1S/C25H25N2.C17H13N2.Ir/c1-17(2)20-13-10-14-21(18(3)4)24(20)27-23-16-9-8-15-22(23)26-25(27)19-11-6-5-7-12-19;1-13-7-9-17(18-11-13)15-8-10-16(19-12-15)14-5-3-2-4-6-14;/h5-11,13-18H,1-4H3;2-5,7-12H,1H3;/q2*-1;/i17D,18D;1D3;. The molecule has 0 aliphatic heterocycles. The smallest absolute Gasteiger partial charge is 0.0774 e. The van der Waals surface area contributed by atoms with Gasteiger partial charge in [0.25, 0.3) is 0 Å². The second kappa shape index (κ2) is 15.3. The zero-order chi connectivity index (χ0) is 36.4. The summed E-state index contributed by atoms with van der Waals surface area (Å²) in [6.07, 6.45) is 3.12. The molecule has 0 unspecified atom stereocenters. The van der Waals surface area contributed by atoms with E-state index in [0.717, 1.165) is 56.1 Å². The molecule has 237 valence electrons. The van der Waals surface area contributed by atoms with Gasteiger partial charge >= 0.3 is 0 Å². The number of aromatic nitrogens is 4. The molecule has 0 amide bonds. The average Bonchev–Trinajstić information content (AvgIpc) is 3.51. The van der Waals surface area contributed by atoms with E-state index in [-0.39, 0.29) is 25.7 Å². The maximum absolute atomic E-state index is 8.80. The van der Waals surface area contributed by atoms with Crippen molar-refractivity contribution >= 4 is 11.0 Å². The van der Waals surface area contributed by atoms with Gasteiger partial charge in [-0.25, -0.2) is 0 Å². The van der Waals surface area contributed by atoms with Crippen molar-refractivity contribution in [2.45, 2.75) is 46.3 Å². The SMILES string of the molecule is [2H]C(C)(C)c1cccc(C([2H])(C)C)c1-n1c(-c2[c-]cccc2)nc2ccccc21.[2H]C([2H])([2H])c1ccc(-c2ccc(-c3[c-]cccc3)nc2)nc1.[Ir]. The number of aryl methyl sites for hydroxylation is 1. The van der Waals surface area contributed by atoms with Gasteiger partial charge in [-0.15, -0.1) is 71.8 Å². The molecule has 7 aromatic rings. The fraction of sp³-hybridized carbons (Fsp3) is 0.167. The monoisotopic (exact) mass is 796 g/mol. The summed E-state index contributed by atoms with van der Waals surface area (Å²) in [5.41, 5.74) is 8.88. The number of hydrogen-bond donors (Lipinski definition) is 0. The largest absolute Gasteiger partial charge is 0.333 e. The van der Waals surface area contributed by atoms with E-state index in [4.69, 9.17) is 11.8 Å². The van der Waals surface area contributed by atoms with Gasteiger partial charge in [0.2, 0.25) is 0 Å². The Labute approximate surface area is 299 Å². The third-order valence-corrected chi connectivity index (χ3v) is 7.66. The first-order valence-corrected chi connectivity index (χ1v) is 15.2. The number of imidazole rings is 1. The average molecular weight is 796 g/mol. The summed E-state index contributed by atoms with van der Waals surface area (Å²) in [5, 5.41) is 0. The van der Waals surface area contributed by atoms with Crippen molar-refractivity contribution in [1.29, 1.82) is 0 Å². The van der Waals surface area contributed by atoms with Crippen LogP contribution in [0.4, 0.5) is 0 Å². The summed E-state index contributed by atoms with van der Waals surface area (Å²) in [6, 6.07) is 42.9. The number of rotatable bonds is 6. The molecule has 4 nitrogen and oxygen atoms in total. The van der Waals surface area contributed by atoms with Gasteiger partial charge in [-0.1, -0.05) is 76.2 Å². The molecule has 3 aromatic heterocycles. The van der Waals surface area contributed by atoms with Gasteiger partial charge in [0, 0.05) is 50.6 Å². The second-order valence-electron chi connectivity index (χ2n) is 11.4. The summed E-state index contributed by atoms with van der Waals surface area (Å²) in [7, 11) is 0. The summed E-state index contributed by atoms with van der Waals surface area (Å²) < 4.78 is 41.8. The van der Waals surface area contributed by atoms with Crippen molar-refractivity contribution in [3.05, 3.63) is 156 Å². The molecule has 5 heteroatoms. The van der Waals surface area contributed by atoms with E-state index >= 15 is 0 Å². The van der Waals surface area contributed by atoms with Crippen molar-refractivity contribution in [3.8, 4) is 39.6 Å². The van der Waals surface area contributed by atoms with Crippen LogP contribution in [0.5, 0.6) is 0 Å². The number of para-hydroxylation sites is 3. The van der Waals surface area contributed by atoms with Gasteiger partial charge < -0.3 is 9.55 Å². The molecule has 0 N–H and O–H groups in total. The van der Waals surface area contributed by atoms with Crippen LogP contribution in [-0.2, 0) is 20.1 Å². The molecular formula is C42H38IrN4-2. The Balaban J connectivity index is 0.000000205. The fourth-order valence-electron chi connectivity index (χ4n) is 5.38. The van der Waals surface area contributed by atoms with Crippen LogP contribution in [0.15, 0.2) is 128 Å². The van der Waals surface area contributed by atoms with Crippen molar-refractivity contribution in [1.82, 2.24) is 19.5 Å². The zero-order valence-corrected chi connectivity index (χ0v) is 29.1. The van der Waals surface area contributed by atoms with Crippen LogP contribution < -0.4 is 0 Å². The Morgan fingerprint density at radius 2 is 1.30 bits per heavy atom. The summed E-state index contributed by atoms with van der Waals surface area (Å²) >= 11 is 0. The first-order valence-electron chi connectivity index (χ1n) is 17.7. The molecular weight excluding hydrogens is 753 g/mol. The van der Waals surface area contributed by atoms with Crippen LogP contribution in [0.3, 0.4) is 0 Å². The van der Waals surface area contributed by atoms with E-state index in [0.29, 0.717) is 5.69 Å². The first-order chi connectivity index (χ1) is 24.2. The third-order valence-electron chi connectivity index (χ3n) is 7.66. The second-order valence-corrected chi connectivity index (χ2v) is 11.4. The van der Waals surface area contributed by atoms with Gasteiger partial charge in [-0.3, -0.25) is 9.97 Å². The molecule has 0 aliphatic carbocycles. The molecule has 0 fully saturated rings. The van der Waals surface area contributed by atoms with E-state index in [1.807, 2.05) is 131 Å². The Morgan fingerprint density at radius 1 is 0.660 bits per heavy atom. The Hall–Kier alpha value is -4.70. The minimum Gasteiger partial charge on any atom is -0.333 e. The Morgan fingerprint density at radius 3 is 1.87 bits per heavy atom. The van der Waals surface area contributed by atoms with Crippen molar-refractivity contribution in [3.63, 3.8) is 0 Å². The molecule has 0 atom stereocenters. The number of hydrogen-bond acceptors (Lipinski definition) is 3. The molecule has 0 aliphatic rings. The minimum absolute atomic E-state index is 0. The number of fused-ring (bicyclic) bond motifs is 1. The quantitative estimate of drug-likeness (QED) is 0.158. The third kappa shape index (κ3) is 7.49. The fourth-order valence-corrected chi connectivity index (χ4v) is 5.38. The zero-order valence-electron chi connectivity index (χ0n) is 31.7. The van der Waals surface area contributed by atoms with Crippen molar-refractivity contribution < 1.29 is 27.0 Å². The molecule has 1 radical (unpaired) electrons. The molecule has 4 aromatic carbocycles. The number of nitrogens with zero attached hydrogens (tertiary/aromatic N) is 4. The minimum atomic E-state index is -2.13. The van der Waals surface area contributed by atoms with Crippen LogP contribution in [0.1, 0.15) is 63.0 Å². The first kappa shape index (κ1) is 27.4.